The standard InChI is InChI=1S/C21H27N3O3S/c1-4-21(2,17-10-6-5-7-11-17)23-20(25)22-19-12-8-9-16-15-24(28(3,26)27)14-13-18(16)19/h5-12H,4,13-15H2,1-3H3,(H2,22,23,25). The SMILES string of the molecule is CCC(C)(NC(=O)Nc1cccc2c1CCN(S(C)(=O)=O)C2)c1ccccc1. The molecule has 0 spiro atoms. The number of urea groups is 1. The van der Waals surface area contributed by atoms with Crippen molar-refractivity contribution < 1.29 is 13.2 Å². The summed E-state index contributed by atoms with van der Waals surface area (Å²) in [4.78, 5) is 12.7. The van der Waals surface area contributed by atoms with Crippen LogP contribution in [0.15, 0.2) is 48.5 Å². The molecule has 2 aromatic rings. The van der Waals surface area contributed by atoms with Gasteiger partial charge in [0.2, 0.25) is 10.0 Å². The lowest BCUT2D eigenvalue weighted by Gasteiger charge is -2.31. The van der Waals surface area contributed by atoms with Crippen molar-refractivity contribution in [1.82, 2.24) is 9.62 Å². The number of nitrogens with zero attached hydrogens (tertiary/aromatic N) is 1. The Morgan fingerprint density at radius 1 is 1.14 bits per heavy atom. The maximum absolute atomic E-state index is 12.7. The maximum atomic E-state index is 12.7. The van der Waals surface area contributed by atoms with Crippen molar-refractivity contribution in [2.75, 3.05) is 18.1 Å². The van der Waals surface area contributed by atoms with Crippen LogP contribution in [0.2, 0.25) is 0 Å². The second-order valence-corrected chi connectivity index (χ2v) is 9.40. The van der Waals surface area contributed by atoms with E-state index in [9.17, 15) is 13.2 Å². The van der Waals surface area contributed by atoms with Crippen LogP contribution >= 0.6 is 0 Å². The molecule has 1 aliphatic rings. The number of carbonyl (C=O) groups is 1. The van der Waals surface area contributed by atoms with E-state index in [-0.39, 0.29) is 6.03 Å². The summed E-state index contributed by atoms with van der Waals surface area (Å²) in [6, 6.07) is 15.2. The molecular formula is C21H27N3O3S. The van der Waals surface area contributed by atoms with E-state index in [1.807, 2.05) is 62.4 Å². The zero-order chi connectivity index (χ0) is 20.4. The van der Waals surface area contributed by atoms with Crippen LogP contribution in [-0.2, 0) is 28.5 Å². The van der Waals surface area contributed by atoms with Gasteiger partial charge in [-0.3, -0.25) is 0 Å². The Morgan fingerprint density at radius 3 is 2.50 bits per heavy atom. The van der Waals surface area contributed by atoms with Crippen molar-refractivity contribution in [2.24, 2.45) is 0 Å². The Bertz CT molecular complexity index is 960. The summed E-state index contributed by atoms with van der Waals surface area (Å²) >= 11 is 0. The third-order valence-corrected chi connectivity index (χ3v) is 6.71. The largest absolute Gasteiger partial charge is 0.329 e. The second-order valence-electron chi connectivity index (χ2n) is 7.42. The third kappa shape index (κ3) is 4.36. The van der Waals surface area contributed by atoms with Crippen LogP contribution in [0.1, 0.15) is 37.0 Å². The minimum Gasteiger partial charge on any atom is -0.329 e. The number of anilines is 1. The normalized spacial score (nSPS) is 16.7. The number of hydrogen-bond acceptors (Lipinski definition) is 3. The summed E-state index contributed by atoms with van der Waals surface area (Å²) in [5.74, 6) is 0. The lowest BCUT2D eigenvalue weighted by atomic mass is 9.89. The summed E-state index contributed by atoms with van der Waals surface area (Å²) in [6.45, 7) is 4.80. The number of benzene rings is 2. The summed E-state index contributed by atoms with van der Waals surface area (Å²) in [5, 5.41) is 6.06. The quantitative estimate of drug-likeness (QED) is 0.805. The Morgan fingerprint density at radius 2 is 1.86 bits per heavy atom. The number of hydrogen-bond donors (Lipinski definition) is 2. The fourth-order valence-electron chi connectivity index (χ4n) is 3.56. The van der Waals surface area contributed by atoms with Gasteiger partial charge in [0, 0.05) is 18.8 Å². The zero-order valence-electron chi connectivity index (χ0n) is 16.5. The molecule has 2 N–H and O–H groups in total. The molecular weight excluding hydrogens is 374 g/mol. The molecule has 0 saturated carbocycles. The first kappa shape index (κ1) is 20.4. The second kappa shape index (κ2) is 7.93. The van der Waals surface area contributed by atoms with E-state index in [1.54, 1.807) is 0 Å². The predicted molar refractivity (Wildman–Crippen MR) is 112 cm³/mol. The fourth-order valence-corrected chi connectivity index (χ4v) is 4.36. The van der Waals surface area contributed by atoms with Gasteiger partial charge in [0.15, 0.2) is 0 Å². The van der Waals surface area contributed by atoms with Crippen molar-refractivity contribution in [2.45, 2.75) is 38.8 Å². The van der Waals surface area contributed by atoms with Crippen molar-refractivity contribution >= 4 is 21.7 Å². The van der Waals surface area contributed by atoms with Crippen LogP contribution in [0, 0.1) is 0 Å². The number of fused-ring (bicyclic) bond motifs is 1. The lowest BCUT2D eigenvalue weighted by molar-refractivity contribution is 0.238. The molecule has 0 radical (unpaired) electrons. The van der Waals surface area contributed by atoms with Gasteiger partial charge in [-0.1, -0.05) is 49.4 Å². The fraction of sp³-hybridized carbons (Fsp3) is 0.381. The molecule has 0 saturated heterocycles. The number of sulfonamides is 1. The van der Waals surface area contributed by atoms with Crippen LogP contribution in [-0.4, -0.2) is 31.6 Å². The number of nitrogens with one attached hydrogen (secondary N) is 2. The number of carbonyl (C=O) groups excluding carboxylic acids is 1. The van der Waals surface area contributed by atoms with Crippen molar-refractivity contribution in [1.29, 1.82) is 0 Å². The van der Waals surface area contributed by atoms with Crippen LogP contribution in [0.4, 0.5) is 10.5 Å². The van der Waals surface area contributed by atoms with Crippen LogP contribution in [0.3, 0.4) is 0 Å². The topological polar surface area (TPSA) is 78.5 Å². The highest BCUT2D eigenvalue weighted by Gasteiger charge is 2.28. The van der Waals surface area contributed by atoms with E-state index in [1.165, 1.54) is 10.6 Å². The van der Waals surface area contributed by atoms with E-state index >= 15 is 0 Å². The van der Waals surface area contributed by atoms with E-state index in [0.717, 1.165) is 28.8 Å². The van der Waals surface area contributed by atoms with Gasteiger partial charge in [-0.2, -0.15) is 4.31 Å². The number of amides is 2. The van der Waals surface area contributed by atoms with Crippen molar-refractivity contribution in [3.8, 4) is 0 Å². The molecule has 150 valence electrons. The molecule has 1 heterocycles. The van der Waals surface area contributed by atoms with Gasteiger partial charge < -0.3 is 10.6 Å². The first-order valence-electron chi connectivity index (χ1n) is 9.43. The smallest absolute Gasteiger partial charge is 0.319 e. The van der Waals surface area contributed by atoms with Gasteiger partial charge in [-0.25, -0.2) is 13.2 Å². The average Bonchev–Trinajstić information content (AvgIpc) is 2.67. The van der Waals surface area contributed by atoms with Gasteiger partial charge in [-0.05, 0) is 42.5 Å². The van der Waals surface area contributed by atoms with Gasteiger partial charge >= 0.3 is 6.03 Å². The minimum absolute atomic E-state index is 0.271. The molecule has 28 heavy (non-hydrogen) atoms. The van der Waals surface area contributed by atoms with Crippen LogP contribution in [0.25, 0.3) is 0 Å². The molecule has 2 aromatic carbocycles. The molecule has 1 aliphatic heterocycles. The van der Waals surface area contributed by atoms with E-state index < -0.39 is 15.6 Å². The molecule has 7 heteroatoms. The Kier molecular flexibility index (Phi) is 5.76. The molecule has 1 unspecified atom stereocenters. The highest BCUT2D eigenvalue weighted by molar-refractivity contribution is 7.88. The molecule has 2 amide bonds. The first-order chi connectivity index (χ1) is 13.2. The molecule has 0 aliphatic carbocycles. The van der Waals surface area contributed by atoms with Gasteiger partial charge in [0.1, 0.15) is 0 Å². The van der Waals surface area contributed by atoms with Crippen LogP contribution in [0.5, 0.6) is 0 Å². The zero-order valence-corrected chi connectivity index (χ0v) is 17.3. The Hall–Kier alpha value is -2.38. The van der Waals surface area contributed by atoms with Crippen molar-refractivity contribution in [3.05, 3.63) is 65.2 Å². The minimum atomic E-state index is -3.23. The average molecular weight is 402 g/mol. The van der Waals surface area contributed by atoms with E-state index in [2.05, 4.69) is 10.6 Å². The van der Waals surface area contributed by atoms with Gasteiger partial charge in [0.05, 0.1) is 11.8 Å². The summed E-state index contributed by atoms with van der Waals surface area (Å²) in [6.07, 6.45) is 2.55. The predicted octanol–water partition coefficient (Wildman–Crippen LogP) is 3.45. The molecule has 0 bridgehead atoms. The van der Waals surface area contributed by atoms with Crippen LogP contribution < -0.4 is 10.6 Å². The maximum Gasteiger partial charge on any atom is 0.319 e. The van der Waals surface area contributed by atoms with E-state index in [4.69, 9.17) is 0 Å². The van der Waals surface area contributed by atoms with Crippen molar-refractivity contribution in [3.63, 3.8) is 0 Å². The highest BCUT2D eigenvalue weighted by atomic mass is 32.2. The molecule has 6 nitrogen and oxygen atoms in total. The van der Waals surface area contributed by atoms with Gasteiger partial charge in [-0.15, -0.1) is 0 Å². The number of rotatable bonds is 5. The molecule has 0 aromatic heterocycles. The lowest BCUT2D eigenvalue weighted by Crippen LogP contribution is -2.45. The molecule has 0 fully saturated rings. The summed E-state index contributed by atoms with van der Waals surface area (Å²) in [7, 11) is -3.23. The first-order valence-corrected chi connectivity index (χ1v) is 11.3. The van der Waals surface area contributed by atoms with Gasteiger partial charge in [0.25, 0.3) is 0 Å². The monoisotopic (exact) mass is 401 g/mol. The third-order valence-electron chi connectivity index (χ3n) is 5.46. The Labute approximate surface area is 167 Å². The highest BCUT2D eigenvalue weighted by Crippen LogP contribution is 2.28. The Balaban J connectivity index is 1.77. The summed E-state index contributed by atoms with van der Waals surface area (Å²) < 4.78 is 25.1. The molecule has 1 atom stereocenters. The molecule has 3 rings (SSSR count). The van der Waals surface area contributed by atoms with E-state index in [0.29, 0.717) is 19.5 Å². The summed E-state index contributed by atoms with van der Waals surface area (Å²) in [5.41, 5.74) is 3.22.